The van der Waals surface area contributed by atoms with Gasteiger partial charge in [-0.3, -0.25) is 38.6 Å². The van der Waals surface area contributed by atoms with Crippen LogP contribution in [0, 0.1) is 0 Å². The summed E-state index contributed by atoms with van der Waals surface area (Å²) < 4.78 is 39.8. The molecule has 0 spiro atoms. The zero-order chi connectivity index (χ0) is 70.7. The minimum absolute atomic E-state index is 0.0110. The molecule has 526 valence electrons. The third-order valence-corrected chi connectivity index (χ3v) is 17.3. The Bertz CT molecular complexity index is 4070. The van der Waals surface area contributed by atoms with E-state index in [1.54, 1.807) is 36.4 Å². The van der Waals surface area contributed by atoms with Crippen molar-refractivity contribution in [2.45, 2.75) is 58.5 Å². The third kappa shape index (κ3) is 20.1. The van der Waals surface area contributed by atoms with Crippen LogP contribution in [0.1, 0.15) is 108 Å². The van der Waals surface area contributed by atoms with Gasteiger partial charge >= 0.3 is 0 Å². The van der Waals surface area contributed by atoms with E-state index < -0.39 is 41.5 Å². The van der Waals surface area contributed by atoms with Crippen molar-refractivity contribution < 1.29 is 57.2 Å². The summed E-state index contributed by atoms with van der Waals surface area (Å²) in [5.74, 6) is -2.89. The first-order valence-electron chi connectivity index (χ1n) is 34.4. The lowest BCUT2D eigenvalue weighted by Crippen LogP contribution is -2.48. The molecule has 6 amide bonds. The first kappa shape index (κ1) is 71.8. The van der Waals surface area contributed by atoms with Gasteiger partial charge in [-0.2, -0.15) is 0 Å². The summed E-state index contributed by atoms with van der Waals surface area (Å²) in [5.41, 5.74) is 11.6. The van der Waals surface area contributed by atoms with E-state index in [1.807, 2.05) is 192 Å². The van der Waals surface area contributed by atoms with Gasteiger partial charge in [-0.05, 0) is 89.2 Å². The molecule has 21 heteroatoms. The number of fused-ring (bicyclic) bond motifs is 18. The number of nitrogens with one attached hydrogen (secondary N) is 6. The van der Waals surface area contributed by atoms with Gasteiger partial charge in [0.15, 0.2) is 34.5 Å². The molecule has 0 saturated carbocycles. The Morgan fingerprint density at radius 1 is 0.294 bits per heavy atom. The Balaban J connectivity index is 1.02. The summed E-state index contributed by atoms with van der Waals surface area (Å²) in [7, 11) is 0. The number of hydrogen-bond donors (Lipinski definition) is 7. The van der Waals surface area contributed by atoms with Gasteiger partial charge in [0.05, 0.1) is 33.4 Å². The van der Waals surface area contributed by atoms with Crippen molar-refractivity contribution in [2.75, 3.05) is 78.5 Å². The van der Waals surface area contributed by atoms with Crippen LogP contribution in [0.3, 0.4) is 0 Å². The maximum Gasteiger partial charge on any atom is 0.255 e. The monoisotopic (exact) mass is 1380 g/mol. The Kier molecular flexibility index (Phi) is 26.1. The number of rotatable bonds is 21. The van der Waals surface area contributed by atoms with Gasteiger partial charge in [0.1, 0.15) is 39.6 Å². The molecular formula is C81H85N9O12. The lowest BCUT2D eigenvalue weighted by molar-refractivity contribution is 0.0898. The SMILES string of the molecule is NCCCC1CN2CCNC(=O)c3ccc(c(OCc4ccccc4)c3OCc3ccccc3)C(=O)NCCN(CCNC(=O)c3ccc(c(OCc4ccccc4)c3OCc3ccccc3)C(=O)NCC2)CCNC(=O)c2ccc(c(OCc3ccccc3)c2OCc2ccccc2)C(=O)N1. The lowest BCUT2D eigenvalue weighted by Gasteiger charge is -2.29. The Morgan fingerprint density at radius 2 is 0.510 bits per heavy atom. The normalized spacial score (nSPS) is 16.5. The Morgan fingerprint density at radius 3 is 0.735 bits per heavy atom. The van der Waals surface area contributed by atoms with Gasteiger partial charge in [-0.1, -0.05) is 182 Å². The van der Waals surface area contributed by atoms with E-state index >= 15 is 14.4 Å². The first-order chi connectivity index (χ1) is 50.0. The fourth-order valence-corrected chi connectivity index (χ4v) is 11.9. The first-order valence-corrected chi connectivity index (χ1v) is 34.4. The average molecular weight is 1380 g/mol. The molecule has 9 aromatic rings. The van der Waals surface area contributed by atoms with Gasteiger partial charge in [0.2, 0.25) is 0 Å². The molecule has 0 radical (unpaired) electrons. The van der Waals surface area contributed by atoms with Crippen molar-refractivity contribution in [3.05, 3.63) is 285 Å². The van der Waals surface area contributed by atoms with Gasteiger partial charge in [-0.15, -0.1) is 0 Å². The summed E-state index contributed by atoms with van der Waals surface area (Å²) in [6.45, 7) is 1.71. The zero-order valence-electron chi connectivity index (χ0n) is 56.9. The number of amides is 6. The molecule has 8 bridgehead atoms. The van der Waals surface area contributed by atoms with Crippen LogP contribution in [-0.2, 0) is 39.6 Å². The molecule has 3 aliphatic rings. The summed E-state index contributed by atoms with van der Waals surface area (Å²) in [4.78, 5) is 94.2. The topological polar surface area (TPSA) is 262 Å². The van der Waals surface area contributed by atoms with Crippen molar-refractivity contribution in [3.63, 3.8) is 0 Å². The minimum atomic E-state index is -0.617. The third-order valence-electron chi connectivity index (χ3n) is 17.3. The van der Waals surface area contributed by atoms with Crippen molar-refractivity contribution in [2.24, 2.45) is 5.73 Å². The maximum atomic E-state index is 15.4. The predicted molar refractivity (Wildman–Crippen MR) is 388 cm³/mol. The Hall–Kier alpha value is -11.5. The van der Waals surface area contributed by atoms with Crippen LogP contribution >= 0.6 is 0 Å². The van der Waals surface area contributed by atoms with E-state index in [2.05, 4.69) is 31.9 Å². The van der Waals surface area contributed by atoms with Gasteiger partial charge in [0, 0.05) is 78.0 Å². The molecule has 0 aliphatic carbocycles. The van der Waals surface area contributed by atoms with Crippen LogP contribution in [0.5, 0.6) is 34.5 Å². The summed E-state index contributed by atoms with van der Waals surface area (Å²) >= 11 is 0. The number of carbonyl (C=O) groups is 6. The van der Waals surface area contributed by atoms with Crippen LogP contribution in [0.25, 0.3) is 0 Å². The highest BCUT2D eigenvalue weighted by molar-refractivity contribution is 6.05. The van der Waals surface area contributed by atoms with E-state index in [9.17, 15) is 14.4 Å². The van der Waals surface area contributed by atoms with Crippen LogP contribution in [0.15, 0.2) is 218 Å². The quantitative estimate of drug-likeness (QED) is 0.0353. The van der Waals surface area contributed by atoms with Crippen LogP contribution < -0.4 is 66.1 Å². The van der Waals surface area contributed by atoms with E-state index in [-0.39, 0.29) is 180 Å². The molecule has 9 aromatic carbocycles. The zero-order valence-corrected chi connectivity index (χ0v) is 56.9. The molecule has 3 aliphatic heterocycles. The van der Waals surface area contributed by atoms with E-state index in [1.165, 1.54) is 0 Å². The second-order valence-corrected chi connectivity index (χ2v) is 24.6. The van der Waals surface area contributed by atoms with Crippen molar-refractivity contribution in [1.82, 2.24) is 41.7 Å². The summed E-state index contributed by atoms with van der Waals surface area (Å²) in [6, 6.07) is 65.2. The smallest absolute Gasteiger partial charge is 0.255 e. The molecule has 0 fully saturated rings. The predicted octanol–water partition coefficient (Wildman–Crippen LogP) is 9.68. The van der Waals surface area contributed by atoms with Crippen LogP contribution in [-0.4, -0.2) is 130 Å². The van der Waals surface area contributed by atoms with E-state index in [4.69, 9.17) is 34.2 Å². The molecule has 21 nitrogen and oxygen atoms in total. The number of hydrogen-bond acceptors (Lipinski definition) is 15. The van der Waals surface area contributed by atoms with Crippen molar-refractivity contribution in [3.8, 4) is 34.5 Å². The van der Waals surface area contributed by atoms with Gasteiger partial charge in [-0.25, -0.2) is 0 Å². The molecule has 102 heavy (non-hydrogen) atoms. The highest BCUT2D eigenvalue weighted by atomic mass is 16.5. The molecule has 0 saturated heterocycles. The number of nitrogens with two attached hydrogens (primary N) is 1. The highest BCUT2D eigenvalue weighted by Crippen LogP contribution is 2.40. The number of carbonyl (C=O) groups excluding carboxylic acids is 6. The lowest BCUT2D eigenvalue weighted by atomic mass is 10.0. The van der Waals surface area contributed by atoms with Gasteiger partial charge < -0.3 is 66.1 Å². The number of benzene rings is 9. The number of nitrogens with zero attached hydrogens (tertiary/aromatic N) is 2. The maximum absolute atomic E-state index is 15.4. The van der Waals surface area contributed by atoms with Crippen LogP contribution in [0.2, 0.25) is 0 Å². The highest BCUT2D eigenvalue weighted by Gasteiger charge is 2.31. The number of ether oxygens (including phenoxy) is 6. The molecule has 3 heterocycles. The summed E-state index contributed by atoms with van der Waals surface area (Å²) in [6.07, 6.45) is 0.892. The fraction of sp³-hybridized carbons (Fsp3) is 0.259. The van der Waals surface area contributed by atoms with Gasteiger partial charge in [0.25, 0.3) is 35.4 Å². The standard InChI is InChI=1S/C81H85N9O12/c82-39-19-32-63-50-90-48-43-86-79(94)66-35-33-64(70(97-51-57-20-7-1-8-21-57)72(66)99-53-59-24-11-3-12-25-59)76(91)83-40-45-89(47-42-85-78(93)68-37-38-69(81(96)88-63)75(102-56-62-30-17-6-18-31-62)74(68)101-55-61-28-15-5-16-29-61)46-41-84-77(92)65-34-36-67(80(95)87-44-49-90)73(100-54-60-26-13-4-14-27-60)71(65)98-52-58-22-9-2-10-23-58/h1-18,20-31,33-38,63H,19,32,39-56,82H2,(H,83,91)(H,84,92)(H,85,93)(H,86,94)(H,87,95)(H,88,96). The van der Waals surface area contributed by atoms with E-state index in [0.29, 0.717) is 19.4 Å². The van der Waals surface area contributed by atoms with E-state index in [0.717, 1.165) is 33.4 Å². The molecule has 0 aromatic heterocycles. The molecular weight excluding hydrogens is 1290 g/mol. The molecule has 8 N–H and O–H groups in total. The molecule has 1 unspecified atom stereocenters. The second kappa shape index (κ2) is 37.1. The summed E-state index contributed by atoms with van der Waals surface area (Å²) in [5, 5.41) is 18.8. The molecule has 12 rings (SSSR count). The van der Waals surface area contributed by atoms with Crippen LogP contribution in [0.4, 0.5) is 0 Å². The Labute approximate surface area is 594 Å². The largest absolute Gasteiger partial charge is 0.484 e. The minimum Gasteiger partial charge on any atom is -0.484 e. The fourth-order valence-electron chi connectivity index (χ4n) is 11.9. The second-order valence-electron chi connectivity index (χ2n) is 24.6. The average Bonchev–Trinajstić information content (AvgIpc) is 0.805. The molecule has 1 atom stereocenters. The van der Waals surface area contributed by atoms with Crippen molar-refractivity contribution >= 4 is 35.4 Å². The van der Waals surface area contributed by atoms with Crippen molar-refractivity contribution in [1.29, 1.82) is 0 Å².